The van der Waals surface area contributed by atoms with E-state index in [0.29, 0.717) is 22.5 Å². The Morgan fingerprint density at radius 2 is 2.22 bits per heavy atom. The molecule has 0 bridgehead atoms. The largest absolute Gasteiger partial charge is 0.236 e. The number of hydrogen-bond donors (Lipinski definition) is 0. The van der Waals surface area contributed by atoms with Crippen molar-refractivity contribution >= 4 is 27.5 Å². The molecule has 2 heterocycles. The second-order valence-corrected chi connectivity index (χ2v) is 5.46. The molecule has 0 aromatic carbocycles. The summed E-state index contributed by atoms with van der Waals surface area (Å²) in [5, 5.41) is 13.9. The highest BCUT2D eigenvalue weighted by Crippen LogP contribution is 2.42. The summed E-state index contributed by atoms with van der Waals surface area (Å²) in [4.78, 5) is 4.24. The van der Waals surface area contributed by atoms with Gasteiger partial charge in [0.05, 0.1) is 5.69 Å². The zero-order valence-electron chi connectivity index (χ0n) is 9.27. The number of nitriles is 1. The van der Waals surface area contributed by atoms with Crippen molar-refractivity contribution in [2.24, 2.45) is 0 Å². The molecule has 2 aromatic rings. The quantitative estimate of drug-likeness (QED) is 0.851. The van der Waals surface area contributed by atoms with Crippen LogP contribution in [0, 0.1) is 11.3 Å². The maximum Gasteiger partial charge on any atom is 0.155 e. The highest BCUT2D eigenvalue weighted by Gasteiger charge is 2.32. The van der Waals surface area contributed by atoms with Crippen LogP contribution in [0.25, 0.3) is 5.82 Å². The zero-order chi connectivity index (χ0) is 12.7. The van der Waals surface area contributed by atoms with Gasteiger partial charge >= 0.3 is 0 Å². The lowest BCUT2D eigenvalue weighted by molar-refractivity contribution is 0.813. The molecule has 4 nitrogen and oxygen atoms in total. The molecule has 0 spiro atoms. The first kappa shape index (κ1) is 11.7. The van der Waals surface area contributed by atoms with Gasteiger partial charge in [-0.25, -0.2) is 9.67 Å². The number of hydrogen-bond acceptors (Lipinski definition) is 3. The van der Waals surface area contributed by atoms with Crippen LogP contribution in [-0.2, 0) is 0 Å². The molecule has 0 atom stereocenters. The molecule has 0 radical (unpaired) electrons. The van der Waals surface area contributed by atoms with Crippen molar-refractivity contribution in [3.8, 4) is 11.9 Å². The lowest BCUT2D eigenvalue weighted by Gasteiger charge is -2.01. The predicted octanol–water partition coefficient (Wildman–Crippen LogP) is 3.43. The molecule has 0 amide bonds. The molecule has 6 heteroatoms. The maximum atomic E-state index is 9.16. The monoisotopic (exact) mass is 322 g/mol. The van der Waals surface area contributed by atoms with Crippen molar-refractivity contribution in [3.63, 3.8) is 0 Å². The normalized spacial score (nSPS) is 14.5. The Morgan fingerprint density at radius 3 is 2.78 bits per heavy atom. The standard InChI is InChI=1S/C12H8BrClN4/c13-8-3-4-10(16-6-8)18-12(14)9(5-15)11(17-18)7-1-2-7/h3-4,6-7H,1-2H2. The van der Waals surface area contributed by atoms with E-state index >= 15 is 0 Å². The summed E-state index contributed by atoms with van der Waals surface area (Å²) in [5.41, 5.74) is 1.27. The van der Waals surface area contributed by atoms with E-state index in [1.54, 1.807) is 12.3 Å². The van der Waals surface area contributed by atoms with Gasteiger partial charge in [-0.2, -0.15) is 10.4 Å². The summed E-state index contributed by atoms with van der Waals surface area (Å²) in [7, 11) is 0. The molecule has 2 aromatic heterocycles. The first-order chi connectivity index (χ1) is 8.70. The van der Waals surface area contributed by atoms with E-state index in [2.05, 4.69) is 32.1 Å². The topological polar surface area (TPSA) is 54.5 Å². The molecule has 1 aliphatic rings. The number of aromatic nitrogens is 3. The van der Waals surface area contributed by atoms with Crippen LogP contribution in [0.15, 0.2) is 22.8 Å². The Labute approximate surface area is 117 Å². The third kappa shape index (κ3) is 1.92. The van der Waals surface area contributed by atoms with Crippen LogP contribution >= 0.6 is 27.5 Å². The first-order valence-electron chi connectivity index (χ1n) is 5.51. The SMILES string of the molecule is N#Cc1c(C2CC2)nn(-c2ccc(Br)cn2)c1Cl. The summed E-state index contributed by atoms with van der Waals surface area (Å²) in [6.45, 7) is 0. The van der Waals surface area contributed by atoms with Gasteiger partial charge in [0.2, 0.25) is 0 Å². The average Bonchev–Trinajstić information content (AvgIpc) is 3.15. The van der Waals surface area contributed by atoms with Crippen molar-refractivity contribution < 1.29 is 0 Å². The third-order valence-electron chi connectivity index (χ3n) is 2.86. The molecule has 0 saturated heterocycles. The molecule has 0 aliphatic heterocycles. The van der Waals surface area contributed by atoms with E-state index in [9.17, 15) is 0 Å². The Bertz CT molecular complexity index is 637. The lowest BCUT2D eigenvalue weighted by atomic mass is 10.2. The van der Waals surface area contributed by atoms with Gasteiger partial charge in [-0.3, -0.25) is 0 Å². The van der Waals surface area contributed by atoms with Gasteiger partial charge in [0.1, 0.15) is 11.6 Å². The Hall–Kier alpha value is -1.38. The first-order valence-corrected chi connectivity index (χ1v) is 6.68. The second kappa shape index (κ2) is 4.38. The van der Waals surface area contributed by atoms with Crippen LogP contribution in [0.2, 0.25) is 5.15 Å². The minimum atomic E-state index is 0.342. The van der Waals surface area contributed by atoms with Gasteiger partial charge in [0.25, 0.3) is 0 Å². The van der Waals surface area contributed by atoms with E-state index in [4.69, 9.17) is 16.9 Å². The van der Waals surface area contributed by atoms with Gasteiger partial charge in [0.15, 0.2) is 11.0 Å². The molecule has 3 rings (SSSR count). The predicted molar refractivity (Wildman–Crippen MR) is 70.8 cm³/mol. The smallest absolute Gasteiger partial charge is 0.155 e. The minimum absolute atomic E-state index is 0.342. The molecular formula is C12H8BrClN4. The van der Waals surface area contributed by atoms with Gasteiger partial charge in [0, 0.05) is 16.6 Å². The van der Waals surface area contributed by atoms with Crippen LogP contribution in [-0.4, -0.2) is 14.8 Å². The molecule has 1 aliphatic carbocycles. The van der Waals surface area contributed by atoms with E-state index in [-0.39, 0.29) is 0 Å². The lowest BCUT2D eigenvalue weighted by Crippen LogP contribution is -1.99. The van der Waals surface area contributed by atoms with Gasteiger partial charge < -0.3 is 0 Å². The summed E-state index contributed by atoms with van der Waals surface area (Å²) in [6.07, 6.45) is 3.84. The van der Waals surface area contributed by atoms with Gasteiger partial charge in [-0.1, -0.05) is 11.6 Å². The van der Waals surface area contributed by atoms with Crippen molar-refractivity contribution in [3.05, 3.63) is 39.2 Å². The summed E-state index contributed by atoms with van der Waals surface area (Å²) in [6, 6.07) is 5.81. The summed E-state index contributed by atoms with van der Waals surface area (Å²) >= 11 is 9.53. The Balaban J connectivity index is 2.12. The Kier molecular flexibility index (Phi) is 2.84. The average molecular weight is 324 g/mol. The van der Waals surface area contributed by atoms with Crippen molar-refractivity contribution in [1.29, 1.82) is 5.26 Å². The molecular weight excluding hydrogens is 316 g/mol. The van der Waals surface area contributed by atoms with Gasteiger partial charge in [-0.15, -0.1) is 0 Å². The van der Waals surface area contributed by atoms with Crippen molar-refractivity contribution in [2.45, 2.75) is 18.8 Å². The van der Waals surface area contributed by atoms with Crippen LogP contribution in [0.1, 0.15) is 30.0 Å². The van der Waals surface area contributed by atoms with E-state index in [1.165, 1.54) is 4.68 Å². The van der Waals surface area contributed by atoms with Crippen LogP contribution in [0.3, 0.4) is 0 Å². The number of halogens is 2. The molecule has 18 heavy (non-hydrogen) atoms. The van der Waals surface area contributed by atoms with E-state index in [0.717, 1.165) is 23.0 Å². The van der Waals surface area contributed by atoms with Crippen molar-refractivity contribution in [2.75, 3.05) is 0 Å². The highest BCUT2D eigenvalue weighted by molar-refractivity contribution is 9.10. The molecule has 0 N–H and O–H groups in total. The molecule has 0 unspecified atom stereocenters. The maximum absolute atomic E-state index is 9.16. The van der Waals surface area contributed by atoms with Gasteiger partial charge in [-0.05, 0) is 40.9 Å². The third-order valence-corrected chi connectivity index (χ3v) is 3.68. The number of nitrogens with zero attached hydrogens (tertiary/aromatic N) is 4. The minimum Gasteiger partial charge on any atom is -0.236 e. The fourth-order valence-electron chi connectivity index (χ4n) is 1.80. The Morgan fingerprint density at radius 1 is 1.44 bits per heavy atom. The molecule has 90 valence electrons. The summed E-state index contributed by atoms with van der Waals surface area (Å²) < 4.78 is 2.41. The van der Waals surface area contributed by atoms with Crippen LogP contribution in [0.4, 0.5) is 0 Å². The van der Waals surface area contributed by atoms with Crippen molar-refractivity contribution in [1.82, 2.24) is 14.8 Å². The van der Waals surface area contributed by atoms with Crippen LogP contribution in [0.5, 0.6) is 0 Å². The van der Waals surface area contributed by atoms with E-state index < -0.39 is 0 Å². The van der Waals surface area contributed by atoms with E-state index in [1.807, 2.05) is 6.07 Å². The summed E-state index contributed by atoms with van der Waals surface area (Å²) in [5.74, 6) is 1.00. The molecule has 1 fully saturated rings. The fraction of sp³-hybridized carbons (Fsp3) is 0.250. The fourth-order valence-corrected chi connectivity index (χ4v) is 2.30. The highest BCUT2D eigenvalue weighted by atomic mass is 79.9. The van der Waals surface area contributed by atoms with Crippen LogP contribution < -0.4 is 0 Å². The number of pyridine rings is 1. The number of rotatable bonds is 2. The molecule has 1 saturated carbocycles. The zero-order valence-corrected chi connectivity index (χ0v) is 11.6. The second-order valence-electron chi connectivity index (χ2n) is 4.18.